The molecule has 1 heteroatoms. The van der Waals surface area contributed by atoms with Crippen molar-refractivity contribution in [2.75, 3.05) is 6.61 Å². The first kappa shape index (κ1) is 8.85. The second-order valence-electron chi connectivity index (χ2n) is 2.44. The molecule has 0 unspecified atom stereocenters. The molecule has 0 saturated carbocycles. The summed E-state index contributed by atoms with van der Waals surface area (Å²) in [6.45, 7) is 2.76. The van der Waals surface area contributed by atoms with E-state index in [0.717, 1.165) is 18.8 Å². The molecule has 0 N–H and O–H groups in total. The Labute approximate surface area is 73.7 Å². The molecule has 0 saturated heterocycles. The molecule has 1 nitrogen and oxygen atoms in total. The fourth-order valence-electron chi connectivity index (χ4n) is 0.879. The summed E-state index contributed by atoms with van der Waals surface area (Å²) >= 11 is 0. The number of benzene rings is 1. The second kappa shape index (κ2) is 5.42. The maximum atomic E-state index is 5.44. The largest absolute Gasteiger partial charge is 0.493 e. The highest BCUT2D eigenvalue weighted by atomic mass is 16.5. The van der Waals surface area contributed by atoms with Gasteiger partial charge in [-0.3, -0.25) is 0 Å². The Morgan fingerprint density at radius 1 is 1.42 bits per heavy atom. The van der Waals surface area contributed by atoms with Crippen LogP contribution in [-0.2, 0) is 0 Å². The zero-order chi connectivity index (χ0) is 8.65. The molecule has 0 bridgehead atoms. The summed E-state index contributed by atoms with van der Waals surface area (Å²) in [6, 6.07) is 10.5. The van der Waals surface area contributed by atoms with Crippen LogP contribution in [0.25, 0.3) is 0 Å². The van der Waals surface area contributed by atoms with Crippen molar-refractivity contribution in [3.8, 4) is 5.75 Å². The molecular weight excluding hydrogens is 148 g/mol. The standard InChI is InChI=1S/C11H13O/c1-2-3-7-10-12-11-8-5-4-6-9-11/h2-3,5-6,8-9H,7,10H2,1H3. The lowest BCUT2D eigenvalue weighted by Gasteiger charge is -2.02. The Morgan fingerprint density at radius 2 is 2.17 bits per heavy atom. The van der Waals surface area contributed by atoms with Crippen LogP contribution in [0.2, 0.25) is 0 Å². The van der Waals surface area contributed by atoms with Crippen LogP contribution < -0.4 is 4.74 Å². The Kier molecular flexibility index (Phi) is 4.00. The third kappa shape index (κ3) is 3.24. The van der Waals surface area contributed by atoms with Crippen molar-refractivity contribution in [3.63, 3.8) is 0 Å². The second-order valence-corrected chi connectivity index (χ2v) is 2.44. The van der Waals surface area contributed by atoms with E-state index in [9.17, 15) is 0 Å². The number of ether oxygens (including phenoxy) is 1. The van der Waals surface area contributed by atoms with Crippen molar-refractivity contribution in [1.29, 1.82) is 0 Å². The predicted molar refractivity (Wildman–Crippen MR) is 50.2 cm³/mol. The zero-order valence-electron chi connectivity index (χ0n) is 7.29. The van der Waals surface area contributed by atoms with Gasteiger partial charge in [-0.05, 0) is 31.5 Å². The predicted octanol–water partition coefficient (Wildman–Crippen LogP) is 2.83. The van der Waals surface area contributed by atoms with Crippen LogP contribution in [0, 0.1) is 6.07 Å². The van der Waals surface area contributed by atoms with Gasteiger partial charge in [0, 0.05) is 0 Å². The Bertz CT molecular complexity index is 226. The van der Waals surface area contributed by atoms with Crippen molar-refractivity contribution >= 4 is 0 Å². The summed E-state index contributed by atoms with van der Waals surface area (Å²) in [5.41, 5.74) is 0. The lowest BCUT2D eigenvalue weighted by Crippen LogP contribution is -1.94. The molecule has 0 atom stereocenters. The fraction of sp³-hybridized carbons (Fsp3) is 0.273. The van der Waals surface area contributed by atoms with E-state index in [1.807, 2.05) is 37.3 Å². The minimum atomic E-state index is 0.744. The molecule has 0 amide bonds. The number of allylic oxidation sites excluding steroid dienone is 1. The van der Waals surface area contributed by atoms with E-state index in [1.165, 1.54) is 0 Å². The van der Waals surface area contributed by atoms with Crippen LogP contribution >= 0.6 is 0 Å². The van der Waals surface area contributed by atoms with Crippen molar-refractivity contribution < 1.29 is 4.74 Å². The van der Waals surface area contributed by atoms with Crippen LogP contribution in [0.15, 0.2) is 36.4 Å². The van der Waals surface area contributed by atoms with Crippen LogP contribution in [0.1, 0.15) is 13.3 Å². The molecule has 63 valence electrons. The Balaban J connectivity index is 2.24. The average Bonchev–Trinajstić information content (AvgIpc) is 2.14. The number of hydrogen-bond acceptors (Lipinski definition) is 1. The summed E-state index contributed by atoms with van der Waals surface area (Å²) in [6.07, 6.45) is 5.09. The molecule has 0 heterocycles. The topological polar surface area (TPSA) is 9.23 Å². The quantitative estimate of drug-likeness (QED) is 0.487. The number of rotatable bonds is 4. The SMILES string of the molecule is CC=CCCOc1cc[c]cc1. The lowest BCUT2D eigenvalue weighted by atomic mass is 10.3. The molecule has 0 aromatic heterocycles. The summed E-state index contributed by atoms with van der Waals surface area (Å²) in [5, 5.41) is 0. The summed E-state index contributed by atoms with van der Waals surface area (Å²) in [4.78, 5) is 0. The third-order valence-corrected chi connectivity index (χ3v) is 1.48. The van der Waals surface area contributed by atoms with Crippen molar-refractivity contribution in [2.24, 2.45) is 0 Å². The molecule has 0 aliphatic heterocycles. The minimum Gasteiger partial charge on any atom is -0.493 e. The van der Waals surface area contributed by atoms with E-state index in [-0.39, 0.29) is 0 Å². The minimum absolute atomic E-state index is 0.744. The van der Waals surface area contributed by atoms with Crippen LogP contribution in [0.4, 0.5) is 0 Å². The van der Waals surface area contributed by atoms with Gasteiger partial charge in [0.15, 0.2) is 0 Å². The molecule has 0 fully saturated rings. The summed E-state index contributed by atoms with van der Waals surface area (Å²) < 4.78 is 5.44. The molecule has 1 radical (unpaired) electrons. The van der Waals surface area contributed by atoms with Crippen LogP contribution in [0.3, 0.4) is 0 Å². The third-order valence-electron chi connectivity index (χ3n) is 1.48. The zero-order valence-corrected chi connectivity index (χ0v) is 7.29. The molecule has 0 aliphatic rings. The molecule has 1 aromatic carbocycles. The van der Waals surface area contributed by atoms with Gasteiger partial charge in [-0.15, -0.1) is 0 Å². The first-order chi connectivity index (χ1) is 5.93. The Morgan fingerprint density at radius 3 is 2.83 bits per heavy atom. The van der Waals surface area contributed by atoms with E-state index < -0.39 is 0 Å². The highest BCUT2D eigenvalue weighted by Crippen LogP contribution is 2.07. The van der Waals surface area contributed by atoms with E-state index in [4.69, 9.17) is 4.74 Å². The first-order valence-corrected chi connectivity index (χ1v) is 4.13. The first-order valence-electron chi connectivity index (χ1n) is 4.13. The molecule has 1 aromatic rings. The number of hydrogen-bond donors (Lipinski definition) is 0. The maximum Gasteiger partial charge on any atom is 0.119 e. The van der Waals surface area contributed by atoms with E-state index in [0.29, 0.717) is 0 Å². The van der Waals surface area contributed by atoms with E-state index in [1.54, 1.807) is 0 Å². The van der Waals surface area contributed by atoms with Gasteiger partial charge >= 0.3 is 0 Å². The molecule has 1 rings (SSSR count). The fourth-order valence-corrected chi connectivity index (χ4v) is 0.879. The van der Waals surface area contributed by atoms with Crippen molar-refractivity contribution in [2.45, 2.75) is 13.3 Å². The van der Waals surface area contributed by atoms with E-state index in [2.05, 4.69) is 12.1 Å². The molecular formula is C11H13O. The van der Waals surface area contributed by atoms with Crippen molar-refractivity contribution in [3.05, 3.63) is 42.5 Å². The Hall–Kier alpha value is -1.24. The van der Waals surface area contributed by atoms with Crippen LogP contribution in [-0.4, -0.2) is 6.61 Å². The van der Waals surface area contributed by atoms with Crippen molar-refractivity contribution in [1.82, 2.24) is 0 Å². The normalized spacial score (nSPS) is 10.4. The van der Waals surface area contributed by atoms with Gasteiger partial charge in [-0.1, -0.05) is 24.3 Å². The molecule has 0 spiro atoms. The highest BCUT2D eigenvalue weighted by molar-refractivity contribution is 5.20. The van der Waals surface area contributed by atoms with Gasteiger partial charge in [0.1, 0.15) is 5.75 Å². The highest BCUT2D eigenvalue weighted by Gasteiger charge is 1.87. The maximum absolute atomic E-state index is 5.44. The van der Waals surface area contributed by atoms with E-state index >= 15 is 0 Å². The van der Waals surface area contributed by atoms with Gasteiger partial charge in [-0.2, -0.15) is 0 Å². The molecule has 0 aliphatic carbocycles. The average molecular weight is 161 g/mol. The smallest absolute Gasteiger partial charge is 0.119 e. The monoisotopic (exact) mass is 161 g/mol. The van der Waals surface area contributed by atoms with Gasteiger partial charge in [0.25, 0.3) is 0 Å². The van der Waals surface area contributed by atoms with Gasteiger partial charge in [0.05, 0.1) is 6.61 Å². The van der Waals surface area contributed by atoms with Gasteiger partial charge in [-0.25, -0.2) is 0 Å². The molecule has 12 heavy (non-hydrogen) atoms. The summed E-state index contributed by atoms with van der Waals surface area (Å²) in [7, 11) is 0. The van der Waals surface area contributed by atoms with Gasteiger partial charge in [0.2, 0.25) is 0 Å². The summed E-state index contributed by atoms with van der Waals surface area (Å²) in [5.74, 6) is 0.915. The lowest BCUT2D eigenvalue weighted by molar-refractivity contribution is 0.325. The van der Waals surface area contributed by atoms with Gasteiger partial charge < -0.3 is 4.74 Å². The van der Waals surface area contributed by atoms with Crippen LogP contribution in [0.5, 0.6) is 5.75 Å².